The Bertz CT molecular complexity index is 1570. The fourth-order valence-electron chi connectivity index (χ4n) is 4.14. The third-order valence-electron chi connectivity index (χ3n) is 6.40. The predicted octanol–water partition coefficient (Wildman–Crippen LogP) is 5.85. The van der Waals surface area contributed by atoms with Gasteiger partial charge in [0.25, 0.3) is 5.91 Å². The molecule has 0 aliphatic carbocycles. The maximum absolute atomic E-state index is 13.6. The number of benzene rings is 2. The number of hydrogen-bond donors (Lipinski definition) is 1. The molecule has 39 heavy (non-hydrogen) atoms. The lowest BCUT2D eigenvalue weighted by molar-refractivity contribution is 0.102. The maximum atomic E-state index is 13.6. The van der Waals surface area contributed by atoms with Crippen molar-refractivity contribution in [2.24, 2.45) is 0 Å². The Balaban J connectivity index is 1.78. The van der Waals surface area contributed by atoms with Gasteiger partial charge in [0.05, 0.1) is 24.7 Å². The summed E-state index contributed by atoms with van der Waals surface area (Å²) in [6.45, 7) is 11.0. The molecule has 0 saturated carbocycles. The summed E-state index contributed by atoms with van der Waals surface area (Å²) in [5.41, 5.74) is 5.06. The highest BCUT2D eigenvalue weighted by molar-refractivity contribution is 7.90. The molecule has 0 bridgehead atoms. The average Bonchev–Trinajstić information content (AvgIpc) is 3.38. The van der Waals surface area contributed by atoms with E-state index in [9.17, 15) is 13.2 Å². The molecule has 0 unspecified atom stereocenters. The van der Waals surface area contributed by atoms with Gasteiger partial charge in [-0.05, 0) is 59.7 Å². The summed E-state index contributed by atoms with van der Waals surface area (Å²) in [5.74, 6) is 0.146. The summed E-state index contributed by atoms with van der Waals surface area (Å²) in [7, 11) is -3.76. The van der Waals surface area contributed by atoms with E-state index in [1.165, 1.54) is 11.8 Å². The molecule has 2 heterocycles. The molecule has 8 nitrogen and oxygen atoms in total. The molecule has 1 N–H and O–H groups in total. The second-order valence-corrected chi connectivity index (χ2v) is 12.7. The van der Waals surface area contributed by atoms with Crippen molar-refractivity contribution in [3.8, 4) is 0 Å². The highest BCUT2D eigenvalue weighted by Gasteiger charge is 2.25. The van der Waals surface area contributed by atoms with Gasteiger partial charge < -0.3 is 14.6 Å². The van der Waals surface area contributed by atoms with Crippen LogP contribution in [0.4, 0.5) is 11.4 Å². The minimum Gasteiger partial charge on any atom is -0.467 e. The zero-order chi connectivity index (χ0) is 28.4. The summed E-state index contributed by atoms with van der Waals surface area (Å²) < 4.78 is 30.3. The Morgan fingerprint density at radius 2 is 1.74 bits per heavy atom. The molecular formula is C30H34N4O4S. The number of rotatable bonds is 8. The first-order valence-electron chi connectivity index (χ1n) is 12.6. The van der Waals surface area contributed by atoms with Crippen molar-refractivity contribution in [3.05, 3.63) is 101 Å². The lowest BCUT2D eigenvalue weighted by Gasteiger charge is -2.26. The van der Waals surface area contributed by atoms with E-state index in [1.54, 1.807) is 12.3 Å². The largest absolute Gasteiger partial charge is 0.467 e. The van der Waals surface area contributed by atoms with Crippen LogP contribution in [0.3, 0.4) is 0 Å². The number of hydrogen-bond acceptors (Lipinski definition) is 7. The standard InChI is InChI=1S/C30H34N4O4S/c1-20-9-10-21(2)25(16-20)32-28(35)27-26(17-31-29(33-27)39(6,36)37)34(19-24-8-7-15-38-24)18-22-11-13-23(14-12-22)30(3,4)5/h7-17H,18-19H2,1-6H3,(H,32,35). The normalized spacial score (nSPS) is 11.8. The highest BCUT2D eigenvalue weighted by atomic mass is 32.2. The number of carbonyl (C=O) groups is 1. The van der Waals surface area contributed by atoms with Crippen molar-refractivity contribution < 1.29 is 17.6 Å². The van der Waals surface area contributed by atoms with Crippen LogP contribution in [-0.2, 0) is 28.3 Å². The van der Waals surface area contributed by atoms with Gasteiger partial charge in [-0.2, -0.15) is 0 Å². The molecule has 4 aromatic rings. The van der Waals surface area contributed by atoms with Crippen LogP contribution in [0.5, 0.6) is 0 Å². The van der Waals surface area contributed by atoms with Crippen molar-refractivity contribution in [1.29, 1.82) is 0 Å². The van der Waals surface area contributed by atoms with Gasteiger partial charge in [0.1, 0.15) is 5.76 Å². The van der Waals surface area contributed by atoms with Crippen molar-refractivity contribution in [2.75, 3.05) is 16.5 Å². The molecule has 9 heteroatoms. The smallest absolute Gasteiger partial charge is 0.276 e. The van der Waals surface area contributed by atoms with Crippen LogP contribution < -0.4 is 10.2 Å². The summed E-state index contributed by atoms with van der Waals surface area (Å²) in [6.07, 6.45) is 4.00. The molecule has 2 aromatic carbocycles. The van der Waals surface area contributed by atoms with Crippen molar-refractivity contribution in [1.82, 2.24) is 9.97 Å². The van der Waals surface area contributed by atoms with E-state index in [4.69, 9.17) is 4.42 Å². The number of aromatic nitrogens is 2. The third-order valence-corrected chi connectivity index (χ3v) is 7.26. The molecule has 0 aliphatic heterocycles. The Morgan fingerprint density at radius 3 is 2.36 bits per heavy atom. The quantitative estimate of drug-likeness (QED) is 0.277. The zero-order valence-corrected chi connectivity index (χ0v) is 24.0. The van der Waals surface area contributed by atoms with E-state index in [2.05, 4.69) is 60.3 Å². The highest BCUT2D eigenvalue weighted by Crippen LogP contribution is 2.28. The molecule has 204 valence electrons. The van der Waals surface area contributed by atoms with Gasteiger partial charge in [0, 0.05) is 18.5 Å². The van der Waals surface area contributed by atoms with Crippen LogP contribution in [0, 0.1) is 13.8 Å². The molecule has 0 fully saturated rings. The summed E-state index contributed by atoms with van der Waals surface area (Å²) in [6, 6.07) is 17.7. The van der Waals surface area contributed by atoms with Gasteiger partial charge >= 0.3 is 0 Å². The number of carbonyl (C=O) groups excluding carboxylic acids is 1. The van der Waals surface area contributed by atoms with Crippen LogP contribution in [0.2, 0.25) is 0 Å². The first-order chi connectivity index (χ1) is 18.3. The Kier molecular flexibility index (Phi) is 7.92. The van der Waals surface area contributed by atoms with Crippen LogP contribution in [0.1, 0.15) is 59.3 Å². The monoisotopic (exact) mass is 546 g/mol. The van der Waals surface area contributed by atoms with E-state index >= 15 is 0 Å². The van der Waals surface area contributed by atoms with Gasteiger partial charge in [-0.3, -0.25) is 4.79 Å². The van der Waals surface area contributed by atoms with Gasteiger partial charge in [-0.1, -0.05) is 57.2 Å². The van der Waals surface area contributed by atoms with Gasteiger partial charge in [0.15, 0.2) is 5.69 Å². The first kappa shape index (κ1) is 28.0. The van der Waals surface area contributed by atoms with Crippen molar-refractivity contribution in [2.45, 2.75) is 58.3 Å². The SMILES string of the molecule is Cc1ccc(C)c(NC(=O)c2nc(S(C)(=O)=O)ncc2N(Cc2ccc(C(C)(C)C)cc2)Cc2ccco2)c1. The number of nitrogens with zero attached hydrogens (tertiary/aromatic N) is 3. The van der Waals surface area contributed by atoms with E-state index in [0.29, 0.717) is 30.2 Å². The molecule has 0 atom stereocenters. The van der Waals surface area contributed by atoms with Crippen LogP contribution in [0.25, 0.3) is 0 Å². The topological polar surface area (TPSA) is 105 Å². The van der Waals surface area contributed by atoms with E-state index in [0.717, 1.165) is 22.9 Å². The van der Waals surface area contributed by atoms with Gasteiger partial charge in [0.2, 0.25) is 15.0 Å². The molecule has 0 saturated heterocycles. The number of furan rings is 1. The number of amides is 1. The Labute approximate surface area is 230 Å². The van der Waals surface area contributed by atoms with E-state index in [1.807, 2.05) is 43.0 Å². The number of sulfone groups is 1. The molecule has 4 rings (SSSR count). The predicted molar refractivity (Wildman–Crippen MR) is 153 cm³/mol. The minimum atomic E-state index is -3.76. The van der Waals surface area contributed by atoms with Crippen LogP contribution in [-0.4, -0.2) is 30.5 Å². The summed E-state index contributed by atoms with van der Waals surface area (Å²) in [5, 5.41) is 2.50. The summed E-state index contributed by atoms with van der Waals surface area (Å²) >= 11 is 0. The number of nitrogens with one attached hydrogen (secondary N) is 1. The third kappa shape index (κ3) is 6.92. The zero-order valence-electron chi connectivity index (χ0n) is 23.1. The molecule has 0 spiro atoms. The van der Waals surface area contributed by atoms with E-state index in [-0.39, 0.29) is 11.1 Å². The molecular weight excluding hydrogens is 512 g/mol. The van der Waals surface area contributed by atoms with Gasteiger partial charge in [-0.15, -0.1) is 0 Å². The second-order valence-electron chi connectivity index (χ2n) is 10.8. The molecule has 0 aliphatic rings. The molecule has 0 radical (unpaired) electrons. The Morgan fingerprint density at radius 1 is 1.03 bits per heavy atom. The lowest BCUT2D eigenvalue weighted by atomic mass is 9.87. The fourth-order valence-corrected chi connectivity index (χ4v) is 4.64. The minimum absolute atomic E-state index is 0.0148. The van der Waals surface area contributed by atoms with Gasteiger partial charge in [-0.25, -0.2) is 18.4 Å². The number of aryl methyl sites for hydroxylation is 2. The van der Waals surface area contributed by atoms with Crippen molar-refractivity contribution in [3.63, 3.8) is 0 Å². The average molecular weight is 547 g/mol. The lowest BCUT2D eigenvalue weighted by Crippen LogP contribution is -2.27. The molecule has 1 amide bonds. The first-order valence-corrected chi connectivity index (χ1v) is 14.5. The number of anilines is 2. The van der Waals surface area contributed by atoms with E-state index < -0.39 is 20.9 Å². The van der Waals surface area contributed by atoms with Crippen LogP contribution >= 0.6 is 0 Å². The second kappa shape index (κ2) is 11.0. The van der Waals surface area contributed by atoms with Crippen molar-refractivity contribution >= 4 is 27.1 Å². The Hall–Kier alpha value is -3.98. The maximum Gasteiger partial charge on any atom is 0.276 e. The fraction of sp³-hybridized carbons (Fsp3) is 0.300. The van der Waals surface area contributed by atoms with Crippen LogP contribution in [0.15, 0.2) is 76.6 Å². The summed E-state index contributed by atoms with van der Waals surface area (Å²) in [4.78, 5) is 23.9. The molecule has 2 aromatic heterocycles.